The van der Waals surface area contributed by atoms with Crippen LogP contribution in [0.5, 0.6) is 11.5 Å². The number of benzene rings is 1. The Kier molecular flexibility index (Phi) is 5.54. The standard InChI is InChI=1S/C20H24N2O5S2/c1-29(24,25)21-12-9-15-6-8-18(28-15)19(23)22-14-5-7-16-17(13-14)27-20(26-16)10-3-2-4-11-20/h5-8,13,21H,2-4,9-12H2,1H3,(H,22,23). The highest BCUT2D eigenvalue weighted by Crippen LogP contribution is 2.46. The maximum Gasteiger partial charge on any atom is 0.265 e. The molecule has 156 valence electrons. The van der Waals surface area contributed by atoms with E-state index in [4.69, 9.17) is 9.47 Å². The molecule has 29 heavy (non-hydrogen) atoms. The van der Waals surface area contributed by atoms with Crippen LogP contribution in [-0.4, -0.2) is 32.9 Å². The molecule has 0 unspecified atom stereocenters. The van der Waals surface area contributed by atoms with Crippen molar-refractivity contribution in [3.8, 4) is 11.5 Å². The molecule has 1 aromatic carbocycles. The first kappa shape index (κ1) is 20.2. The minimum absolute atomic E-state index is 0.205. The number of thiophene rings is 1. The van der Waals surface area contributed by atoms with Crippen LogP contribution in [0.1, 0.15) is 46.7 Å². The highest BCUT2D eigenvalue weighted by atomic mass is 32.2. The van der Waals surface area contributed by atoms with Crippen molar-refractivity contribution in [2.45, 2.75) is 44.3 Å². The monoisotopic (exact) mass is 436 g/mol. The SMILES string of the molecule is CS(=O)(=O)NCCc1ccc(C(=O)Nc2ccc3c(c2)OC2(CCCCC2)O3)s1. The Morgan fingerprint density at radius 3 is 2.62 bits per heavy atom. The molecule has 9 heteroatoms. The van der Waals surface area contributed by atoms with Gasteiger partial charge in [0.05, 0.1) is 11.1 Å². The molecule has 1 aliphatic heterocycles. The Balaban J connectivity index is 1.37. The topological polar surface area (TPSA) is 93.7 Å². The van der Waals surface area contributed by atoms with Gasteiger partial charge in [0.25, 0.3) is 11.7 Å². The van der Waals surface area contributed by atoms with Crippen molar-refractivity contribution in [1.29, 1.82) is 0 Å². The summed E-state index contributed by atoms with van der Waals surface area (Å²) in [6.45, 7) is 0.310. The molecule has 0 bridgehead atoms. The van der Waals surface area contributed by atoms with Crippen LogP contribution < -0.4 is 19.5 Å². The van der Waals surface area contributed by atoms with Gasteiger partial charge >= 0.3 is 0 Å². The number of hydrogen-bond donors (Lipinski definition) is 2. The lowest BCUT2D eigenvalue weighted by Crippen LogP contribution is -2.40. The molecule has 1 amide bonds. The van der Waals surface area contributed by atoms with E-state index < -0.39 is 15.8 Å². The van der Waals surface area contributed by atoms with Crippen molar-refractivity contribution in [2.24, 2.45) is 0 Å². The van der Waals surface area contributed by atoms with Gasteiger partial charge in [-0.25, -0.2) is 13.1 Å². The summed E-state index contributed by atoms with van der Waals surface area (Å²) in [7, 11) is -3.21. The highest BCUT2D eigenvalue weighted by Gasteiger charge is 2.42. The van der Waals surface area contributed by atoms with Crippen LogP contribution in [0, 0.1) is 0 Å². The van der Waals surface area contributed by atoms with E-state index in [-0.39, 0.29) is 5.91 Å². The van der Waals surface area contributed by atoms with E-state index in [9.17, 15) is 13.2 Å². The van der Waals surface area contributed by atoms with E-state index in [0.717, 1.165) is 42.6 Å². The highest BCUT2D eigenvalue weighted by molar-refractivity contribution is 7.88. The van der Waals surface area contributed by atoms with Gasteiger partial charge in [0.1, 0.15) is 0 Å². The Morgan fingerprint density at radius 2 is 1.86 bits per heavy atom. The second-order valence-corrected chi connectivity index (χ2v) is 10.5. The molecule has 1 saturated carbocycles. The minimum Gasteiger partial charge on any atom is -0.448 e. The molecule has 1 fully saturated rings. The molecule has 2 aliphatic rings. The second kappa shape index (κ2) is 7.97. The van der Waals surface area contributed by atoms with Gasteiger partial charge in [0.2, 0.25) is 10.0 Å². The van der Waals surface area contributed by atoms with Gasteiger partial charge < -0.3 is 14.8 Å². The first-order valence-electron chi connectivity index (χ1n) is 9.69. The Morgan fingerprint density at radius 1 is 1.10 bits per heavy atom. The van der Waals surface area contributed by atoms with Crippen molar-refractivity contribution in [3.05, 3.63) is 40.1 Å². The van der Waals surface area contributed by atoms with Crippen LogP contribution in [0.15, 0.2) is 30.3 Å². The summed E-state index contributed by atoms with van der Waals surface area (Å²) in [4.78, 5) is 14.1. The van der Waals surface area contributed by atoms with Crippen LogP contribution in [0.4, 0.5) is 5.69 Å². The van der Waals surface area contributed by atoms with E-state index in [0.29, 0.717) is 29.3 Å². The summed E-state index contributed by atoms with van der Waals surface area (Å²) in [6, 6.07) is 9.05. The number of ether oxygens (including phenoxy) is 2. The number of rotatable bonds is 6. The molecule has 2 heterocycles. The molecule has 2 N–H and O–H groups in total. The van der Waals surface area contributed by atoms with Gasteiger partial charge in [0.15, 0.2) is 11.5 Å². The third-order valence-corrected chi connectivity index (χ3v) is 6.90. The predicted octanol–water partition coefficient (Wildman–Crippen LogP) is 3.52. The maximum absolute atomic E-state index is 12.6. The van der Waals surface area contributed by atoms with Crippen LogP contribution in [-0.2, 0) is 16.4 Å². The molecule has 1 aromatic heterocycles. The lowest BCUT2D eigenvalue weighted by molar-refractivity contribution is -0.105. The van der Waals surface area contributed by atoms with Gasteiger partial charge in [-0.1, -0.05) is 6.42 Å². The number of hydrogen-bond acceptors (Lipinski definition) is 6. The second-order valence-electron chi connectivity index (χ2n) is 7.47. The molecule has 2 aromatic rings. The fourth-order valence-corrected chi connectivity index (χ4v) is 5.03. The first-order chi connectivity index (χ1) is 13.8. The normalized spacial score (nSPS) is 17.4. The van der Waals surface area contributed by atoms with Crippen molar-refractivity contribution < 1.29 is 22.7 Å². The largest absolute Gasteiger partial charge is 0.448 e. The quantitative estimate of drug-likeness (QED) is 0.723. The van der Waals surface area contributed by atoms with Crippen molar-refractivity contribution in [1.82, 2.24) is 4.72 Å². The van der Waals surface area contributed by atoms with E-state index in [2.05, 4.69) is 10.0 Å². The molecular formula is C20H24N2O5S2. The fourth-order valence-electron chi connectivity index (χ4n) is 3.65. The molecule has 0 saturated heterocycles. The summed E-state index contributed by atoms with van der Waals surface area (Å²) in [5.41, 5.74) is 0.652. The van der Waals surface area contributed by atoms with Gasteiger partial charge in [-0.2, -0.15) is 0 Å². The van der Waals surface area contributed by atoms with Crippen LogP contribution in [0.2, 0.25) is 0 Å². The molecule has 0 atom stereocenters. The summed E-state index contributed by atoms with van der Waals surface area (Å²) < 4.78 is 36.9. The fraction of sp³-hybridized carbons (Fsp3) is 0.450. The summed E-state index contributed by atoms with van der Waals surface area (Å²) >= 11 is 1.35. The number of fused-ring (bicyclic) bond motifs is 1. The molecule has 4 rings (SSSR count). The van der Waals surface area contributed by atoms with E-state index in [1.54, 1.807) is 12.1 Å². The van der Waals surface area contributed by atoms with Crippen LogP contribution in [0.25, 0.3) is 0 Å². The number of sulfonamides is 1. The van der Waals surface area contributed by atoms with Crippen LogP contribution >= 0.6 is 11.3 Å². The van der Waals surface area contributed by atoms with Crippen LogP contribution in [0.3, 0.4) is 0 Å². The first-order valence-corrected chi connectivity index (χ1v) is 12.4. The van der Waals surface area contributed by atoms with Gasteiger partial charge in [-0.3, -0.25) is 4.79 Å². The number of amides is 1. The minimum atomic E-state index is -3.21. The van der Waals surface area contributed by atoms with E-state index in [1.165, 1.54) is 17.8 Å². The zero-order chi connectivity index (χ0) is 20.5. The number of anilines is 1. The third kappa shape index (κ3) is 4.91. The maximum atomic E-state index is 12.6. The van der Waals surface area contributed by atoms with E-state index in [1.807, 2.05) is 18.2 Å². The molecule has 1 aliphatic carbocycles. The average Bonchev–Trinajstić information content (AvgIpc) is 3.25. The lowest BCUT2D eigenvalue weighted by Gasteiger charge is -2.31. The smallest absolute Gasteiger partial charge is 0.265 e. The van der Waals surface area contributed by atoms with Gasteiger partial charge in [-0.15, -0.1) is 11.3 Å². The predicted molar refractivity (Wildman–Crippen MR) is 112 cm³/mol. The summed E-state index contributed by atoms with van der Waals surface area (Å²) in [6.07, 6.45) is 6.83. The van der Waals surface area contributed by atoms with E-state index >= 15 is 0 Å². The number of carbonyl (C=O) groups is 1. The Bertz CT molecular complexity index is 1010. The van der Waals surface area contributed by atoms with Gasteiger partial charge in [-0.05, 0) is 43.5 Å². The summed E-state index contributed by atoms with van der Waals surface area (Å²) in [5.74, 6) is 0.653. The average molecular weight is 437 g/mol. The van der Waals surface area contributed by atoms with Crippen molar-refractivity contribution in [3.63, 3.8) is 0 Å². The Hall–Kier alpha value is -2.10. The number of carbonyl (C=O) groups excluding carboxylic acids is 1. The third-order valence-electron chi connectivity index (χ3n) is 5.03. The Labute approximate surface area is 174 Å². The van der Waals surface area contributed by atoms with Crippen molar-refractivity contribution >= 4 is 33.0 Å². The number of nitrogens with one attached hydrogen (secondary N) is 2. The van der Waals surface area contributed by atoms with Crippen molar-refractivity contribution in [2.75, 3.05) is 18.1 Å². The molecular weight excluding hydrogens is 412 g/mol. The zero-order valence-corrected chi connectivity index (χ0v) is 17.8. The summed E-state index contributed by atoms with van der Waals surface area (Å²) in [5, 5.41) is 2.90. The molecule has 0 radical (unpaired) electrons. The zero-order valence-electron chi connectivity index (χ0n) is 16.2. The molecule has 1 spiro atoms. The molecule has 7 nitrogen and oxygen atoms in total. The lowest BCUT2D eigenvalue weighted by atomic mass is 9.94. The van der Waals surface area contributed by atoms with Gasteiger partial charge in [0, 0.05) is 36.0 Å².